The van der Waals surface area contributed by atoms with Crippen molar-refractivity contribution in [3.05, 3.63) is 24.3 Å². The third-order valence-corrected chi connectivity index (χ3v) is 5.06. The minimum Gasteiger partial charge on any atom is -0.320 e. The molecule has 0 saturated heterocycles. The zero-order valence-corrected chi connectivity index (χ0v) is 12.5. The van der Waals surface area contributed by atoms with E-state index in [2.05, 4.69) is 10.0 Å². The normalized spacial score (nSPS) is 12.5. The van der Waals surface area contributed by atoms with Crippen LogP contribution in [0.25, 0.3) is 0 Å². The molecule has 1 rings (SSSR count). The lowest BCUT2D eigenvalue weighted by atomic mass is 10.4. The van der Waals surface area contributed by atoms with E-state index in [-0.39, 0.29) is 9.79 Å². The molecule has 19 heavy (non-hydrogen) atoms. The molecule has 1 aromatic rings. The molecule has 0 bridgehead atoms. The molecule has 0 spiro atoms. The van der Waals surface area contributed by atoms with Gasteiger partial charge in [0.15, 0.2) is 9.84 Å². The largest absolute Gasteiger partial charge is 0.320 e. The van der Waals surface area contributed by atoms with E-state index in [4.69, 9.17) is 0 Å². The summed E-state index contributed by atoms with van der Waals surface area (Å²) >= 11 is 0. The third-order valence-electron chi connectivity index (χ3n) is 2.46. The lowest BCUT2D eigenvalue weighted by Crippen LogP contribution is -2.26. The van der Waals surface area contributed by atoms with Gasteiger partial charge in [0.25, 0.3) is 0 Å². The molecule has 108 valence electrons. The summed E-state index contributed by atoms with van der Waals surface area (Å²) in [6.07, 6.45) is 1.75. The zero-order chi connectivity index (χ0) is 14.5. The fourth-order valence-corrected chi connectivity index (χ4v) is 3.13. The van der Waals surface area contributed by atoms with Crippen LogP contribution < -0.4 is 10.0 Å². The molecule has 0 aliphatic rings. The molecule has 0 heterocycles. The van der Waals surface area contributed by atoms with Crippen LogP contribution in [-0.4, -0.2) is 43.2 Å². The van der Waals surface area contributed by atoms with Crippen molar-refractivity contribution in [2.24, 2.45) is 0 Å². The van der Waals surface area contributed by atoms with Crippen molar-refractivity contribution in [3.63, 3.8) is 0 Å². The highest BCUT2D eigenvalue weighted by atomic mass is 32.2. The Balaban J connectivity index is 2.80. The average Bonchev–Trinajstić information content (AvgIpc) is 2.34. The molecule has 8 heteroatoms. The van der Waals surface area contributed by atoms with Gasteiger partial charge in [-0.05, 0) is 44.3 Å². The Labute approximate surface area is 114 Å². The SMILES string of the molecule is CNCCCNS(=O)(=O)c1ccc(S(C)(=O)=O)cc1. The van der Waals surface area contributed by atoms with E-state index in [1.807, 2.05) is 0 Å². The van der Waals surface area contributed by atoms with E-state index < -0.39 is 19.9 Å². The summed E-state index contributed by atoms with van der Waals surface area (Å²) in [7, 11) is -5.10. The summed E-state index contributed by atoms with van der Waals surface area (Å²) < 4.78 is 48.7. The van der Waals surface area contributed by atoms with E-state index in [1.165, 1.54) is 24.3 Å². The number of hydrogen-bond donors (Lipinski definition) is 2. The maximum atomic E-state index is 11.9. The predicted molar refractivity (Wildman–Crippen MR) is 73.3 cm³/mol. The fourth-order valence-electron chi connectivity index (χ4n) is 1.42. The second-order valence-corrected chi connectivity index (χ2v) is 7.88. The zero-order valence-electron chi connectivity index (χ0n) is 10.9. The van der Waals surface area contributed by atoms with Crippen molar-refractivity contribution in [1.29, 1.82) is 0 Å². The van der Waals surface area contributed by atoms with E-state index >= 15 is 0 Å². The standard InChI is InChI=1S/C11H18N2O4S2/c1-12-8-3-9-13-19(16,17)11-6-4-10(5-7-11)18(2,14)15/h4-7,12-13H,3,8-9H2,1-2H3. The van der Waals surface area contributed by atoms with Gasteiger partial charge in [0.2, 0.25) is 10.0 Å². The highest BCUT2D eigenvalue weighted by Crippen LogP contribution is 2.14. The predicted octanol–water partition coefficient (Wildman–Crippen LogP) is -0.0221. The topological polar surface area (TPSA) is 92.3 Å². The van der Waals surface area contributed by atoms with Gasteiger partial charge < -0.3 is 5.32 Å². The summed E-state index contributed by atoms with van der Waals surface area (Å²) in [4.78, 5) is 0.158. The molecule has 6 nitrogen and oxygen atoms in total. The summed E-state index contributed by atoms with van der Waals surface area (Å²) in [5.41, 5.74) is 0. The van der Waals surface area contributed by atoms with Crippen molar-refractivity contribution in [2.75, 3.05) is 26.4 Å². The molecule has 0 aliphatic heterocycles. The van der Waals surface area contributed by atoms with Gasteiger partial charge >= 0.3 is 0 Å². The summed E-state index contributed by atoms with van der Waals surface area (Å²) in [5.74, 6) is 0. The maximum absolute atomic E-state index is 11.9. The molecule has 0 aromatic heterocycles. The monoisotopic (exact) mass is 306 g/mol. The van der Waals surface area contributed by atoms with Crippen LogP contribution in [-0.2, 0) is 19.9 Å². The van der Waals surface area contributed by atoms with E-state index in [1.54, 1.807) is 7.05 Å². The third kappa shape index (κ3) is 4.90. The smallest absolute Gasteiger partial charge is 0.240 e. The van der Waals surface area contributed by atoms with Crippen LogP contribution in [0.1, 0.15) is 6.42 Å². The van der Waals surface area contributed by atoms with Crippen LogP contribution >= 0.6 is 0 Å². The Morgan fingerprint density at radius 2 is 1.47 bits per heavy atom. The second-order valence-electron chi connectivity index (χ2n) is 4.10. The Kier molecular flexibility index (Phi) is 5.48. The molecule has 0 radical (unpaired) electrons. The van der Waals surface area contributed by atoms with Crippen molar-refractivity contribution >= 4 is 19.9 Å². The number of sulfonamides is 1. The van der Waals surface area contributed by atoms with Crippen LogP contribution in [0.2, 0.25) is 0 Å². The van der Waals surface area contributed by atoms with Gasteiger partial charge in [-0.3, -0.25) is 0 Å². The Hall–Kier alpha value is -0.960. The first-order valence-corrected chi connectivity index (χ1v) is 9.09. The van der Waals surface area contributed by atoms with Crippen molar-refractivity contribution in [1.82, 2.24) is 10.0 Å². The van der Waals surface area contributed by atoms with Gasteiger partial charge in [-0.25, -0.2) is 21.6 Å². The van der Waals surface area contributed by atoms with Gasteiger partial charge in [0.05, 0.1) is 9.79 Å². The molecular weight excluding hydrogens is 288 g/mol. The molecule has 1 aromatic carbocycles. The Bertz CT molecular complexity index is 607. The second kappa shape index (κ2) is 6.47. The molecule has 0 amide bonds. The molecule has 0 unspecified atom stereocenters. The average molecular weight is 306 g/mol. The van der Waals surface area contributed by atoms with Crippen LogP contribution in [0.4, 0.5) is 0 Å². The lowest BCUT2D eigenvalue weighted by molar-refractivity contribution is 0.576. The van der Waals surface area contributed by atoms with Gasteiger partial charge in [-0.2, -0.15) is 0 Å². The molecule has 0 saturated carbocycles. The molecule has 0 fully saturated rings. The van der Waals surface area contributed by atoms with Gasteiger partial charge in [-0.1, -0.05) is 0 Å². The molecule has 0 aliphatic carbocycles. The van der Waals surface area contributed by atoms with E-state index in [0.717, 1.165) is 12.8 Å². The minimum atomic E-state index is -3.58. The Morgan fingerprint density at radius 1 is 0.947 bits per heavy atom. The van der Waals surface area contributed by atoms with Crippen molar-refractivity contribution in [2.45, 2.75) is 16.2 Å². The van der Waals surface area contributed by atoms with E-state index in [0.29, 0.717) is 13.0 Å². The first kappa shape index (κ1) is 16.1. The number of benzene rings is 1. The highest BCUT2D eigenvalue weighted by molar-refractivity contribution is 7.90. The number of hydrogen-bond acceptors (Lipinski definition) is 5. The molecular formula is C11H18N2O4S2. The minimum absolute atomic E-state index is 0.0596. The Morgan fingerprint density at radius 3 is 1.95 bits per heavy atom. The fraction of sp³-hybridized carbons (Fsp3) is 0.455. The van der Waals surface area contributed by atoms with Gasteiger partial charge in [0.1, 0.15) is 0 Å². The quantitative estimate of drug-likeness (QED) is 0.691. The van der Waals surface area contributed by atoms with Gasteiger partial charge in [-0.15, -0.1) is 0 Å². The van der Waals surface area contributed by atoms with Crippen LogP contribution in [0.5, 0.6) is 0 Å². The number of nitrogens with one attached hydrogen (secondary N) is 2. The number of sulfone groups is 1. The summed E-state index contributed by atoms with van der Waals surface area (Å²) in [6.45, 7) is 1.05. The first-order valence-electron chi connectivity index (χ1n) is 5.72. The molecule has 0 atom stereocenters. The van der Waals surface area contributed by atoms with Gasteiger partial charge in [0, 0.05) is 12.8 Å². The lowest BCUT2D eigenvalue weighted by Gasteiger charge is -2.07. The van der Waals surface area contributed by atoms with Crippen LogP contribution in [0, 0.1) is 0 Å². The number of rotatable bonds is 7. The van der Waals surface area contributed by atoms with Crippen LogP contribution in [0.3, 0.4) is 0 Å². The summed E-state index contributed by atoms with van der Waals surface area (Å²) in [5, 5.41) is 2.92. The maximum Gasteiger partial charge on any atom is 0.240 e. The van der Waals surface area contributed by atoms with Crippen molar-refractivity contribution in [3.8, 4) is 0 Å². The summed E-state index contributed by atoms with van der Waals surface area (Å²) in [6, 6.07) is 5.16. The first-order chi connectivity index (χ1) is 8.77. The van der Waals surface area contributed by atoms with E-state index in [9.17, 15) is 16.8 Å². The highest BCUT2D eigenvalue weighted by Gasteiger charge is 2.14. The van der Waals surface area contributed by atoms with Crippen LogP contribution in [0.15, 0.2) is 34.1 Å². The molecule has 2 N–H and O–H groups in total. The van der Waals surface area contributed by atoms with Crippen molar-refractivity contribution < 1.29 is 16.8 Å².